The molecule has 1 amide bonds. The van der Waals surface area contributed by atoms with E-state index in [4.69, 9.17) is 15.1 Å². The van der Waals surface area contributed by atoms with Gasteiger partial charge in [-0.05, 0) is 0 Å². The third-order valence-electron chi connectivity index (χ3n) is 1.35. The van der Waals surface area contributed by atoms with Crippen LogP contribution >= 0.6 is 11.8 Å². The molecule has 0 heterocycles. The zero-order valence-corrected chi connectivity index (χ0v) is 8.84. The number of ether oxygens (including phenoxy) is 1. The number of aliphatic hydroxyl groups excluding tert-OH is 1. The van der Waals surface area contributed by atoms with Crippen molar-refractivity contribution in [1.29, 1.82) is 5.26 Å². The minimum atomic E-state index is -0.366. The minimum absolute atomic E-state index is 0.150. The molecule has 0 aliphatic rings. The Morgan fingerprint density at radius 3 is 3.00 bits per heavy atom. The van der Waals surface area contributed by atoms with Crippen molar-refractivity contribution in [3.05, 3.63) is 0 Å². The summed E-state index contributed by atoms with van der Waals surface area (Å²) in [4.78, 5) is 11.2. The molecular weight excluding hydrogens is 204 g/mol. The van der Waals surface area contributed by atoms with Gasteiger partial charge in [0.15, 0.2) is 0 Å². The van der Waals surface area contributed by atoms with Crippen LogP contribution in [0.3, 0.4) is 0 Å². The Labute approximate surface area is 87.4 Å². The molecule has 0 aromatic heterocycles. The molecule has 5 nitrogen and oxygen atoms in total. The molecule has 1 atom stereocenters. The number of hydrogen-bond donors (Lipinski definition) is 2. The second-order valence-electron chi connectivity index (χ2n) is 2.55. The molecule has 0 aromatic carbocycles. The summed E-state index contributed by atoms with van der Waals surface area (Å²) in [5.74, 6) is 0.330. The summed E-state index contributed by atoms with van der Waals surface area (Å²) in [5.41, 5.74) is 0. The Morgan fingerprint density at radius 1 is 1.79 bits per heavy atom. The van der Waals surface area contributed by atoms with Crippen LogP contribution in [0.4, 0.5) is 0 Å². The van der Waals surface area contributed by atoms with E-state index in [2.05, 4.69) is 5.32 Å². The summed E-state index contributed by atoms with van der Waals surface area (Å²) in [7, 11) is 1.50. The number of methoxy groups -OCH3 is 1. The molecule has 2 N–H and O–H groups in total. The lowest BCUT2D eigenvalue weighted by atomic mass is 10.3. The largest absolute Gasteiger partial charge is 0.394 e. The number of nitriles is 1. The van der Waals surface area contributed by atoms with Crippen molar-refractivity contribution >= 4 is 17.7 Å². The van der Waals surface area contributed by atoms with Crippen LogP contribution in [-0.2, 0) is 9.53 Å². The molecule has 0 saturated heterocycles. The summed E-state index contributed by atoms with van der Waals surface area (Å²) >= 11 is 1.24. The number of hydrogen-bond acceptors (Lipinski definition) is 5. The maximum absolute atomic E-state index is 11.2. The maximum Gasteiger partial charge on any atom is 0.230 e. The van der Waals surface area contributed by atoms with Crippen LogP contribution in [0.2, 0.25) is 0 Å². The molecule has 0 fully saturated rings. The molecule has 0 bridgehead atoms. The highest BCUT2D eigenvalue weighted by Gasteiger charge is 2.10. The van der Waals surface area contributed by atoms with Crippen LogP contribution < -0.4 is 5.32 Å². The lowest BCUT2D eigenvalue weighted by Gasteiger charge is -2.14. The van der Waals surface area contributed by atoms with E-state index in [1.54, 1.807) is 0 Å². The third-order valence-corrected chi connectivity index (χ3v) is 2.15. The fraction of sp³-hybridized carbons (Fsp3) is 0.750. The summed E-state index contributed by atoms with van der Waals surface area (Å²) in [6.45, 7) is 0.133. The molecular formula is C8H14N2O3S. The van der Waals surface area contributed by atoms with E-state index >= 15 is 0 Å². The second kappa shape index (κ2) is 8.81. The Balaban J connectivity index is 3.63. The van der Waals surface area contributed by atoms with Crippen LogP contribution in [0.15, 0.2) is 0 Å². The number of nitrogens with one attached hydrogen (secondary N) is 1. The highest BCUT2D eigenvalue weighted by molar-refractivity contribution is 8.00. The number of nitrogens with zero attached hydrogens (tertiary/aromatic N) is 1. The molecule has 80 valence electrons. The Bertz CT molecular complexity index is 205. The average Bonchev–Trinajstić information content (AvgIpc) is 2.17. The third kappa shape index (κ3) is 6.71. The standard InChI is InChI=1S/C8H14N2O3S/c1-13-5-7(4-11)10-8(12)6-14-3-2-9/h7,11H,3-6H2,1H3,(H,10,12). The van der Waals surface area contributed by atoms with E-state index in [0.717, 1.165) is 0 Å². The zero-order valence-electron chi connectivity index (χ0n) is 8.02. The number of rotatable bonds is 7. The monoisotopic (exact) mass is 218 g/mol. The smallest absolute Gasteiger partial charge is 0.230 e. The van der Waals surface area contributed by atoms with Gasteiger partial charge >= 0.3 is 0 Å². The number of aliphatic hydroxyl groups is 1. The van der Waals surface area contributed by atoms with Gasteiger partial charge in [0.05, 0.1) is 36.8 Å². The molecule has 0 radical (unpaired) electrons. The minimum Gasteiger partial charge on any atom is -0.394 e. The van der Waals surface area contributed by atoms with E-state index in [9.17, 15) is 4.79 Å². The van der Waals surface area contributed by atoms with Crippen molar-refractivity contribution in [3.8, 4) is 6.07 Å². The number of thioether (sulfide) groups is 1. The molecule has 0 spiro atoms. The summed E-state index contributed by atoms with van der Waals surface area (Å²) in [5, 5.41) is 19.6. The van der Waals surface area contributed by atoms with Gasteiger partial charge in [-0.15, -0.1) is 11.8 Å². The summed E-state index contributed by atoms with van der Waals surface area (Å²) in [6, 6.07) is 1.56. The SMILES string of the molecule is COCC(CO)NC(=O)CSCC#N. The van der Waals surface area contributed by atoms with Crippen LogP contribution in [-0.4, -0.2) is 48.9 Å². The molecule has 0 aliphatic heterocycles. The molecule has 0 rings (SSSR count). The van der Waals surface area contributed by atoms with Crippen molar-refractivity contribution in [2.75, 3.05) is 31.8 Å². The zero-order chi connectivity index (χ0) is 10.8. The molecule has 1 unspecified atom stereocenters. The molecule has 0 aliphatic carbocycles. The van der Waals surface area contributed by atoms with Crippen LogP contribution in [0.5, 0.6) is 0 Å². The van der Waals surface area contributed by atoms with E-state index < -0.39 is 0 Å². The maximum atomic E-state index is 11.2. The van der Waals surface area contributed by atoms with E-state index in [0.29, 0.717) is 5.75 Å². The fourth-order valence-electron chi connectivity index (χ4n) is 0.800. The second-order valence-corrected chi connectivity index (χ2v) is 3.54. The number of carbonyl (C=O) groups excluding carboxylic acids is 1. The first-order valence-electron chi connectivity index (χ1n) is 4.08. The first-order valence-corrected chi connectivity index (χ1v) is 5.24. The summed E-state index contributed by atoms with van der Waals surface area (Å²) in [6.07, 6.45) is 0. The molecule has 14 heavy (non-hydrogen) atoms. The molecule has 0 aromatic rings. The topological polar surface area (TPSA) is 82.3 Å². The Kier molecular flexibility index (Phi) is 8.33. The normalized spacial score (nSPS) is 11.8. The van der Waals surface area contributed by atoms with Crippen LogP contribution in [0.25, 0.3) is 0 Å². The fourth-order valence-corrected chi connectivity index (χ4v) is 1.26. The van der Waals surface area contributed by atoms with Gasteiger partial charge < -0.3 is 15.2 Å². The van der Waals surface area contributed by atoms with Gasteiger partial charge in [0.2, 0.25) is 5.91 Å². The van der Waals surface area contributed by atoms with Gasteiger partial charge in [0.1, 0.15) is 0 Å². The first kappa shape index (κ1) is 13.2. The van der Waals surface area contributed by atoms with Crippen molar-refractivity contribution < 1.29 is 14.6 Å². The summed E-state index contributed by atoms with van der Waals surface area (Å²) < 4.78 is 4.79. The van der Waals surface area contributed by atoms with Crippen molar-refractivity contribution in [3.63, 3.8) is 0 Å². The van der Waals surface area contributed by atoms with Crippen molar-refractivity contribution in [1.82, 2.24) is 5.32 Å². The highest BCUT2D eigenvalue weighted by atomic mass is 32.2. The molecule has 0 saturated carbocycles. The van der Waals surface area contributed by atoms with E-state index in [1.165, 1.54) is 18.9 Å². The predicted molar refractivity (Wildman–Crippen MR) is 53.8 cm³/mol. The van der Waals surface area contributed by atoms with Gasteiger partial charge in [-0.3, -0.25) is 4.79 Å². The van der Waals surface area contributed by atoms with Crippen LogP contribution in [0.1, 0.15) is 0 Å². The van der Waals surface area contributed by atoms with E-state index in [1.807, 2.05) is 6.07 Å². The quantitative estimate of drug-likeness (QED) is 0.556. The first-order chi connectivity index (χ1) is 6.74. The van der Waals surface area contributed by atoms with Gasteiger partial charge in [-0.2, -0.15) is 5.26 Å². The van der Waals surface area contributed by atoms with Gasteiger partial charge in [0, 0.05) is 7.11 Å². The molecule has 6 heteroatoms. The van der Waals surface area contributed by atoms with Gasteiger partial charge in [0.25, 0.3) is 0 Å². The van der Waals surface area contributed by atoms with E-state index in [-0.39, 0.29) is 30.9 Å². The Morgan fingerprint density at radius 2 is 2.50 bits per heavy atom. The average molecular weight is 218 g/mol. The number of carbonyl (C=O) groups is 1. The van der Waals surface area contributed by atoms with Crippen molar-refractivity contribution in [2.24, 2.45) is 0 Å². The lowest BCUT2D eigenvalue weighted by Crippen LogP contribution is -2.41. The highest BCUT2D eigenvalue weighted by Crippen LogP contribution is 1.97. The van der Waals surface area contributed by atoms with Crippen molar-refractivity contribution in [2.45, 2.75) is 6.04 Å². The van der Waals surface area contributed by atoms with Gasteiger partial charge in [-0.25, -0.2) is 0 Å². The van der Waals surface area contributed by atoms with Gasteiger partial charge in [-0.1, -0.05) is 0 Å². The Hall–Kier alpha value is -0.770. The predicted octanol–water partition coefficient (Wildman–Crippen LogP) is -0.633. The van der Waals surface area contributed by atoms with Crippen LogP contribution in [0, 0.1) is 11.3 Å². The number of amides is 1. The lowest BCUT2D eigenvalue weighted by molar-refractivity contribution is -0.120.